The minimum absolute atomic E-state index is 0. The summed E-state index contributed by atoms with van der Waals surface area (Å²) in [6, 6.07) is 4.92. The van der Waals surface area contributed by atoms with Crippen LogP contribution in [0.4, 0.5) is 0 Å². The summed E-state index contributed by atoms with van der Waals surface area (Å²) in [6.07, 6.45) is 0. The third-order valence-corrected chi connectivity index (χ3v) is 4.86. The quantitative estimate of drug-likeness (QED) is 0.825. The Kier molecular flexibility index (Phi) is 7.92. The highest BCUT2D eigenvalue weighted by Gasteiger charge is 2.24. The van der Waals surface area contributed by atoms with Crippen LogP contribution in [0.15, 0.2) is 27.6 Å². The molecule has 0 spiro atoms. The minimum Gasteiger partial charge on any atom is -0.495 e. The van der Waals surface area contributed by atoms with Crippen LogP contribution in [-0.2, 0) is 10.0 Å². The van der Waals surface area contributed by atoms with Crippen molar-refractivity contribution in [2.24, 2.45) is 0 Å². The lowest BCUT2D eigenvalue weighted by molar-refractivity contribution is 0.397. The van der Waals surface area contributed by atoms with Crippen LogP contribution in [-0.4, -0.2) is 47.0 Å². The molecule has 0 aromatic heterocycles. The van der Waals surface area contributed by atoms with Crippen molar-refractivity contribution in [1.82, 2.24) is 9.62 Å². The van der Waals surface area contributed by atoms with E-state index in [-0.39, 0.29) is 17.3 Å². The molecule has 0 saturated carbocycles. The van der Waals surface area contributed by atoms with E-state index in [1.165, 1.54) is 11.4 Å². The lowest BCUT2D eigenvalue weighted by atomic mass is 10.3. The first-order valence-corrected chi connectivity index (χ1v) is 7.61. The molecular formula is C11H18BrClN2O3S. The number of methoxy groups -OCH3 is 1. The largest absolute Gasteiger partial charge is 0.495 e. The Balaban J connectivity index is 0.00000324. The summed E-state index contributed by atoms with van der Waals surface area (Å²) in [6.45, 7) is 0.987. The van der Waals surface area contributed by atoms with Gasteiger partial charge in [-0.05, 0) is 25.2 Å². The number of nitrogens with zero attached hydrogens (tertiary/aromatic N) is 1. The Morgan fingerprint density at radius 1 is 1.42 bits per heavy atom. The lowest BCUT2D eigenvalue weighted by Gasteiger charge is -2.18. The smallest absolute Gasteiger partial charge is 0.246 e. The number of hydrogen-bond acceptors (Lipinski definition) is 4. The number of ether oxygens (including phenoxy) is 1. The van der Waals surface area contributed by atoms with Gasteiger partial charge in [0, 0.05) is 24.6 Å². The fraction of sp³-hybridized carbons (Fsp3) is 0.455. The van der Waals surface area contributed by atoms with E-state index in [1.807, 2.05) is 0 Å². The van der Waals surface area contributed by atoms with E-state index in [0.29, 0.717) is 23.3 Å². The van der Waals surface area contributed by atoms with E-state index in [9.17, 15) is 8.42 Å². The van der Waals surface area contributed by atoms with Crippen LogP contribution in [0.5, 0.6) is 5.75 Å². The summed E-state index contributed by atoms with van der Waals surface area (Å²) < 4.78 is 31.8. The monoisotopic (exact) mass is 372 g/mol. The van der Waals surface area contributed by atoms with Crippen molar-refractivity contribution in [2.45, 2.75) is 4.90 Å². The van der Waals surface area contributed by atoms with Gasteiger partial charge in [0.05, 0.1) is 7.11 Å². The predicted octanol–water partition coefficient (Wildman–Crippen LogP) is 1.72. The molecule has 8 heteroatoms. The SMILES string of the molecule is CNCCN(C)S(=O)(=O)c1cc(Br)ccc1OC.Cl. The van der Waals surface area contributed by atoms with Gasteiger partial charge in [0.2, 0.25) is 10.0 Å². The standard InChI is InChI=1S/C11H17BrN2O3S.ClH/c1-13-6-7-14(2)18(15,16)11-8-9(12)4-5-10(11)17-3;/h4-5,8,13H,6-7H2,1-3H3;1H. The second-order valence-corrected chi connectivity index (χ2v) is 6.65. The van der Waals surface area contributed by atoms with Crippen LogP contribution < -0.4 is 10.1 Å². The predicted molar refractivity (Wildman–Crippen MR) is 81.7 cm³/mol. The zero-order valence-corrected chi connectivity index (χ0v) is 14.2. The van der Waals surface area contributed by atoms with E-state index < -0.39 is 10.0 Å². The lowest BCUT2D eigenvalue weighted by Crippen LogP contribution is -2.33. The molecule has 1 N–H and O–H groups in total. The highest BCUT2D eigenvalue weighted by atomic mass is 79.9. The summed E-state index contributed by atoms with van der Waals surface area (Å²) in [5.41, 5.74) is 0. The molecule has 0 aliphatic heterocycles. The van der Waals surface area contributed by atoms with Crippen molar-refractivity contribution in [3.63, 3.8) is 0 Å². The molecule has 1 rings (SSSR count). The van der Waals surface area contributed by atoms with E-state index in [4.69, 9.17) is 4.74 Å². The molecule has 0 amide bonds. The zero-order valence-electron chi connectivity index (χ0n) is 11.0. The topological polar surface area (TPSA) is 58.6 Å². The molecule has 0 aliphatic carbocycles. The number of benzene rings is 1. The van der Waals surface area contributed by atoms with Gasteiger partial charge in [-0.3, -0.25) is 0 Å². The van der Waals surface area contributed by atoms with Gasteiger partial charge in [0.25, 0.3) is 0 Å². The number of sulfonamides is 1. The third kappa shape index (κ3) is 4.61. The number of hydrogen-bond donors (Lipinski definition) is 1. The van der Waals surface area contributed by atoms with Crippen LogP contribution >= 0.6 is 28.3 Å². The van der Waals surface area contributed by atoms with Crippen LogP contribution in [0.2, 0.25) is 0 Å². The van der Waals surface area contributed by atoms with Crippen molar-refractivity contribution in [3.05, 3.63) is 22.7 Å². The molecule has 0 bridgehead atoms. The highest BCUT2D eigenvalue weighted by Crippen LogP contribution is 2.29. The Labute approximate surface area is 128 Å². The van der Waals surface area contributed by atoms with Crippen molar-refractivity contribution in [2.75, 3.05) is 34.3 Å². The first kappa shape index (κ1) is 18.7. The molecule has 0 heterocycles. The maximum absolute atomic E-state index is 12.4. The van der Waals surface area contributed by atoms with Gasteiger partial charge >= 0.3 is 0 Å². The van der Waals surface area contributed by atoms with Crippen LogP contribution in [0, 0.1) is 0 Å². The van der Waals surface area contributed by atoms with Gasteiger partial charge in [-0.2, -0.15) is 4.31 Å². The van der Waals surface area contributed by atoms with Gasteiger partial charge in [-0.25, -0.2) is 8.42 Å². The Morgan fingerprint density at radius 3 is 2.58 bits per heavy atom. The first-order chi connectivity index (χ1) is 8.43. The molecule has 0 fully saturated rings. The normalized spacial score (nSPS) is 11.2. The van der Waals surface area contributed by atoms with Gasteiger partial charge < -0.3 is 10.1 Å². The third-order valence-electron chi connectivity index (χ3n) is 2.49. The maximum atomic E-state index is 12.4. The highest BCUT2D eigenvalue weighted by molar-refractivity contribution is 9.10. The van der Waals surface area contributed by atoms with Crippen molar-refractivity contribution >= 4 is 38.4 Å². The van der Waals surface area contributed by atoms with Gasteiger partial charge in [-0.15, -0.1) is 12.4 Å². The molecule has 0 radical (unpaired) electrons. The molecule has 5 nitrogen and oxygen atoms in total. The number of likely N-dealkylation sites (N-methyl/N-ethyl adjacent to an activating group) is 2. The van der Waals surface area contributed by atoms with Crippen molar-refractivity contribution < 1.29 is 13.2 Å². The molecule has 0 saturated heterocycles. The number of nitrogens with one attached hydrogen (secondary N) is 1. The van der Waals surface area contributed by atoms with Crippen LogP contribution in [0.1, 0.15) is 0 Å². The second kappa shape index (κ2) is 8.06. The van der Waals surface area contributed by atoms with Gasteiger partial charge in [-0.1, -0.05) is 15.9 Å². The summed E-state index contributed by atoms with van der Waals surface area (Å²) >= 11 is 3.27. The molecular weight excluding hydrogens is 356 g/mol. The molecule has 0 unspecified atom stereocenters. The van der Waals surface area contributed by atoms with E-state index in [2.05, 4.69) is 21.2 Å². The summed E-state index contributed by atoms with van der Waals surface area (Å²) in [5.74, 6) is 0.342. The molecule has 0 aliphatic rings. The maximum Gasteiger partial charge on any atom is 0.246 e. The van der Waals surface area contributed by atoms with Crippen molar-refractivity contribution in [3.8, 4) is 5.75 Å². The zero-order chi connectivity index (χ0) is 13.8. The van der Waals surface area contributed by atoms with Crippen molar-refractivity contribution in [1.29, 1.82) is 0 Å². The summed E-state index contributed by atoms with van der Waals surface area (Å²) in [5, 5.41) is 2.92. The average Bonchev–Trinajstić information content (AvgIpc) is 2.35. The molecule has 1 aromatic rings. The fourth-order valence-electron chi connectivity index (χ4n) is 1.41. The Morgan fingerprint density at radius 2 is 2.05 bits per heavy atom. The Hall–Kier alpha value is -0.340. The van der Waals surface area contributed by atoms with E-state index in [0.717, 1.165) is 0 Å². The number of rotatable bonds is 6. The van der Waals surface area contributed by atoms with E-state index in [1.54, 1.807) is 32.3 Å². The summed E-state index contributed by atoms with van der Waals surface area (Å²) in [4.78, 5) is 0.165. The van der Waals surface area contributed by atoms with Crippen LogP contribution in [0.25, 0.3) is 0 Å². The second-order valence-electron chi connectivity index (χ2n) is 3.73. The van der Waals surface area contributed by atoms with Crippen LogP contribution in [0.3, 0.4) is 0 Å². The first-order valence-electron chi connectivity index (χ1n) is 5.38. The fourth-order valence-corrected chi connectivity index (χ4v) is 3.27. The molecule has 0 atom stereocenters. The Bertz CT molecular complexity index is 511. The van der Waals surface area contributed by atoms with E-state index >= 15 is 0 Å². The summed E-state index contributed by atoms with van der Waals surface area (Å²) in [7, 11) is 1.24. The average molecular weight is 374 g/mol. The molecule has 1 aromatic carbocycles. The molecule has 19 heavy (non-hydrogen) atoms. The van der Waals surface area contributed by atoms with Gasteiger partial charge in [0.15, 0.2) is 0 Å². The molecule has 110 valence electrons. The van der Waals surface area contributed by atoms with Gasteiger partial charge in [0.1, 0.15) is 10.6 Å². The number of halogens is 2. The minimum atomic E-state index is -3.54.